The van der Waals surface area contributed by atoms with Crippen molar-refractivity contribution in [2.45, 2.75) is 19.4 Å². The number of rotatable bonds is 4. The van der Waals surface area contributed by atoms with Crippen molar-refractivity contribution in [2.24, 2.45) is 0 Å². The third-order valence-corrected chi connectivity index (χ3v) is 1.89. The molecule has 0 aliphatic rings. The van der Waals surface area contributed by atoms with Gasteiger partial charge in [0.05, 0.1) is 19.0 Å². The molecule has 0 aliphatic carbocycles. The fourth-order valence-electron chi connectivity index (χ4n) is 0.897. The molecular weight excluding hydrogens is 166 g/mol. The zero-order chi connectivity index (χ0) is 10.4. The fourth-order valence-corrected chi connectivity index (χ4v) is 0.897. The number of likely N-dealkylation sites (N-methyl/N-ethyl adjacent to an activating group) is 2. The molecule has 0 radical (unpaired) electrons. The average Bonchev–Trinajstić information content (AvgIpc) is 2.02. The molecule has 0 saturated carbocycles. The first-order valence-corrected chi connectivity index (χ1v) is 4.26. The van der Waals surface area contributed by atoms with Crippen LogP contribution < -0.4 is 0 Å². The fraction of sp³-hybridized carbons (Fsp3) is 0.778. The van der Waals surface area contributed by atoms with Crippen molar-refractivity contribution in [3.63, 3.8) is 0 Å². The summed E-state index contributed by atoms with van der Waals surface area (Å²) in [5, 5.41) is 8.45. The number of hydrogen-bond acceptors (Lipinski definition) is 3. The molecule has 4 heteroatoms. The van der Waals surface area contributed by atoms with Gasteiger partial charge in [-0.15, -0.1) is 0 Å². The van der Waals surface area contributed by atoms with E-state index >= 15 is 0 Å². The summed E-state index contributed by atoms with van der Waals surface area (Å²) in [4.78, 5) is 14.9. The largest absolute Gasteiger partial charge is 0.341 e. The van der Waals surface area contributed by atoms with E-state index in [4.69, 9.17) is 5.26 Å². The SMILES string of the molecule is CC(CC#N)N(C)C(=O)CN(C)C. The Kier molecular flexibility index (Phi) is 5.09. The van der Waals surface area contributed by atoms with Crippen molar-refractivity contribution in [2.75, 3.05) is 27.7 Å². The van der Waals surface area contributed by atoms with Gasteiger partial charge in [-0.05, 0) is 21.0 Å². The highest BCUT2D eigenvalue weighted by atomic mass is 16.2. The highest BCUT2D eigenvalue weighted by Crippen LogP contribution is 2.00. The molecule has 0 rings (SSSR count). The highest BCUT2D eigenvalue weighted by Gasteiger charge is 2.15. The van der Waals surface area contributed by atoms with E-state index in [0.717, 1.165) is 0 Å². The Morgan fingerprint density at radius 2 is 2.00 bits per heavy atom. The summed E-state index contributed by atoms with van der Waals surface area (Å²) in [6.45, 7) is 2.27. The summed E-state index contributed by atoms with van der Waals surface area (Å²) in [6, 6.07) is 2.05. The Hall–Kier alpha value is -1.08. The molecule has 0 heterocycles. The van der Waals surface area contributed by atoms with Gasteiger partial charge in [-0.2, -0.15) is 5.26 Å². The van der Waals surface area contributed by atoms with Crippen LogP contribution in [-0.2, 0) is 4.79 Å². The minimum atomic E-state index is -0.00236. The summed E-state index contributed by atoms with van der Waals surface area (Å²) in [5.41, 5.74) is 0. The van der Waals surface area contributed by atoms with Crippen LogP contribution in [0, 0.1) is 11.3 Å². The van der Waals surface area contributed by atoms with Gasteiger partial charge in [0.2, 0.25) is 5.91 Å². The second kappa shape index (κ2) is 5.55. The molecule has 4 nitrogen and oxygen atoms in total. The van der Waals surface area contributed by atoms with Gasteiger partial charge < -0.3 is 9.80 Å². The third kappa shape index (κ3) is 4.48. The standard InChI is InChI=1S/C9H17N3O/c1-8(5-6-10)12(4)9(13)7-11(2)3/h8H,5,7H2,1-4H3. The molecule has 13 heavy (non-hydrogen) atoms. The molecular formula is C9H17N3O. The summed E-state index contributed by atoms with van der Waals surface area (Å²) in [6.07, 6.45) is 0.385. The van der Waals surface area contributed by atoms with Gasteiger partial charge >= 0.3 is 0 Å². The molecule has 0 aliphatic heterocycles. The third-order valence-electron chi connectivity index (χ3n) is 1.89. The van der Waals surface area contributed by atoms with Gasteiger partial charge in [0.15, 0.2) is 0 Å². The van der Waals surface area contributed by atoms with E-state index in [-0.39, 0.29) is 11.9 Å². The van der Waals surface area contributed by atoms with Crippen LogP contribution in [0.25, 0.3) is 0 Å². The Morgan fingerprint density at radius 1 is 1.46 bits per heavy atom. The van der Waals surface area contributed by atoms with E-state index in [1.165, 1.54) is 0 Å². The molecule has 0 fully saturated rings. The van der Waals surface area contributed by atoms with Gasteiger partial charge in [-0.25, -0.2) is 0 Å². The Labute approximate surface area is 79.7 Å². The van der Waals surface area contributed by atoms with E-state index in [0.29, 0.717) is 13.0 Å². The maximum atomic E-state index is 11.4. The lowest BCUT2D eigenvalue weighted by molar-refractivity contribution is -0.132. The van der Waals surface area contributed by atoms with Gasteiger partial charge in [0.25, 0.3) is 0 Å². The molecule has 0 aromatic rings. The maximum absolute atomic E-state index is 11.4. The monoisotopic (exact) mass is 183 g/mol. The molecule has 74 valence electrons. The van der Waals surface area contributed by atoms with Crippen LogP contribution in [0.15, 0.2) is 0 Å². The smallest absolute Gasteiger partial charge is 0.236 e. The van der Waals surface area contributed by atoms with E-state index in [9.17, 15) is 4.79 Å². The number of hydrogen-bond donors (Lipinski definition) is 0. The van der Waals surface area contributed by atoms with Crippen molar-refractivity contribution in [1.82, 2.24) is 9.80 Å². The van der Waals surface area contributed by atoms with Gasteiger partial charge in [0.1, 0.15) is 0 Å². The summed E-state index contributed by atoms with van der Waals surface area (Å²) in [7, 11) is 5.43. The first-order valence-electron chi connectivity index (χ1n) is 4.26. The lowest BCUT2D eigenvalue weighted by Crippen LogP contribution is -2.40. The molecule has 0 bridgehead atoms. The summed E-state index contributed by atoms with van der Waals surface area (Å²) >= 11 is 0. The van der Waals surface area contributed by atoms with Crippen LogP contribution in [0.3, 0.4) is 0 Å². The molecule has 0 aromatic carbocycles. The van der Waals surface area contributed by atoms with E-state index in [1.54, 1.807) is 11.9 Å². The summed E-state index contributed by atoms with van der Waals surface area (Å²) < 4.78 is 0. The van der Waals surface area contributed by atoms with Gasteiger partial charge in [-0.3, -0.25) is 4.79 Å². The Morgan fingerprint density at radius 3 is 2.38 bits per heavy atom. The quantitative estimate of drug-likeness (QED) is 0.630. The van der Waals surface area contributed by atoms with Crippen molar-refractivity contribution in [3.05, 3.63) is 0 Å². The second-order valence-electron chi connectivity index (χ2n) is 3.45. The van der Waals surface area contributed by atoms with Crippen molar-refractivity contribution in [1.29, 1.82) is 5.26 Å². The first-order chi connectivity index (χ1) is 5.99. The van der Waals surface area contributed by atoms with Crippen LogP contribution >= 0.6 is 0 Å². The van der Waals surface area contributed by atoms with E-state index in [1.807, 2.05) is 32.0 Å². The molecule has 1 unspecified atom stereocenters. The zero-order valence-electron chi connectivity index (χ0n) is 8.74. The predicted molar refractivity (Wildman–Crippen MR) is 51.0 cm³/mol. The number of nitrogens with zero attached hydrogens (tertiary/aromatic N) is 3. The molecule has 0 aromatic heterocycles. The second-order valence-corrected chi connectivity index (χ2v) is 3.45. The topological polar surface area (TPSA) is 47.3 Å². The minimum Gasteiger partial charge on any atom is -0.341 e. The van der Waals surface area contributed by atoms with Gasteiger partial charge in [0, 0.05) is 13.1 Å². The highest BCUT2D eigenvalue weighted by molar-refractivity contribution is 5.78. The van der Waals surface area contributed by atoms with Crippen molar-refractivity contribution in [3.8, 4) is 6.07 Å². The van der Waals surface area contributed by atoms with Crippen LogP contribution in [0.5, 0.6) is 0 Å². The van der Waals surface area contributed by atoms with E-state index < -0.39 is 0 Å². The normalized spacial score (nSPS) is 12.3. The number of carbonyl (C=O) groups is 1. The lowest BCUT2D eigenvalue weighted by atomic mass is 10.2. The van der Waals surface area contributed by atoms with Crippen LogP contribution in [0.2, 0.25) is 0 Å². The van der Waals surface area contributed by atoms with Gasteiger partial charge in [-0.1, -0.05) is 0 Å². The van der Waals surface area contributed by atoms with Crippen molar-refractivity contribution >= 4 is 5.91 Å². The molecule has 1 atom stereocenters. The first kappa shape index (κ1) is 11.9. The molecule has 0 saturated heterocycles. The number of amides is 1. The zero-order valence-corrected chi connectivity index (χ0v) is 8.74. The van der Waals surface area contributed by atoms with Crippen LogP contribution in [0.4, 0.5) is 0 Å². The molecule has 1 amide bonds. The van der Waals surface area contributed by atoms with Crippen LogP contribution in [-0.4, -0.2) is 49.4 Å². The molecule has 0 N–H and O–H groups in total. The maximum Gasteiger partial charge on any atom is 0.236 e. The Bertz CT molecular complexity index is 207. The van der Waals surface area contributed by atoms with Crippen LogP contribution in [0.1, 0.15) is 13.3 Å². The predicted octanol–water partition coefficient (Wildman–Crippen LogP) is 0.309. The lowest BCUT2D eigenvalue weighted by Gasteiger charge is -2.24. The number of carbonyl (C=O) groups excluding carboxylic acids is 1. The minimum absolute atomic E-state index is 0.00236. The number of nitriles is 1. The average molecular weight is 183 g/mol. The summed E-state index contributed by atoms with van der Waals surface area (Å²) in [5.74, 6) is 0.0488. The van der Waals surface area contributed by atoms with Crippen molar-refractivity contribution < 1.29 is 4.79 Å². The van der Waals surface area contributed by atoms with E-state index in [2.05, 4.69) is 0 Å². The molecule has 0 spiro atoms. The Balaban J connectivity index is 4.03.